The molecule has 3 aromatic carbocycles. The average Bonchev–Trinajstić information content (AvgIpc) is 3.03. The zero-order valence-corrected chi connectivity index (χ0v) is 18.4. The van der Waals surface area contributed by atoms with Crippen LogP contribution in [0.5, 0.6) is 11.5 Å². The molecule has 3 aromatic rings. The fraction of sp³-hybridized carbons (Fsp3) is 0.192. The van der Waals surface area contributed by atoms with Crippen molar-refractivity contribution in [3.05, 3.63) is 99.1 Å². The number of ether oxygens (including phenoxy) is 2. The summed E-state index contributed by atoms with van der Waals surface area (Å²) in [5.41, 5.74) is 1.60. The van der Waals surface area contributed by atoms with Crippen molar-refractivity contribution in [2.45, 2.75) is 25.0 Å². The van der Waals surface area contributed by atoms with Gasteiger partial charge in [-0.25, -0.2) is 0 Å². The lowest BCUT2D eigenvalue weighted by molar-refractivity contribution is -0.386. The number of anilines is 1. The summed E-state index contributed by atoms with van der Waals surface area (Å²) < 4.78 is 11.6. The van der Waals surface area contributed by atoms with Gasteiger partial charge in [0.2, 0.25) is 11.5 Å². The molecule has 7 heteroatoms. The highest BCUT2D eigenvalue weighted by Crippen LogP contribution is 2.53. The molecule has 33 heavy (non-hydrogen) atoms. The topological polar surface area (TPSA) is 90.7 Å². The molecule has 2 aliphatic rings. The Hall–Kier alpha value is -4.13. The minimum atomic E-state index is -1.06. The highest BCUT2D eigenvalue weighted by atomic mass is 16.6. The smallest absolute Gasteiger partial charge is 0.315 e. The first-order chi connectivity index (χ1) is 15.8. The van der Waals surface area contributed by atoms with Crippen LogP contribution >= 0.6 is 0 Å². The van der Waals surface area contributed by atoms with Gasteiger partial charge in [-0.15, -0.1) is 0 Å². The van der Waals surface area contributed by atoms with Gasteiger partial charge in [-0.1, -0.05) is 30.3 Å². The highest BCUT2D eigenvalue weighted by molar-refractivity contribution is 6.09. The van der Waals surface area contributed by atoms with Gasteiger partial charge in [-0.2, -0.15) is 0 Å². The van der Waals surface area contributed by atoms with Crippen molar-refractivity contribution in [1.82, 2.24) is 0 Å². The number of nitrogens with one attached hydrogen (secondary N) is 1. The summed E-state index contributed by atoms with van der Waals surface area (Å²) in [7, 11) is 1.47. The predicted octanol–water partition coefficient (Wildman–Crippen LogP) is 5.34. The predicted molar refractivity (Wildman–Crippen MR) is 125 cm³/mol. The Bertz CT molecular complexity index is 1330. The van der Waals surface area contributed by atoms with Gasteiger partial charge in [0, 0.05) is 22.4 Å². The molecule has 0 radical (unpaired) electrons. The molecule has 7 nitrogen and oxygen atoms in total. The molecule has 0 aromatic heterocycles. The second-order valence-corrected chi connectivity index (χ2v) is 8.70. The molecule has 5 rings (SSSR count). The number of nitrogens with zero attached hydrogens (tertiary/aromatic N) is 1. The number of benzene rings is 3. The van der Waals surface area contributed by atoms with Crippen LogP contribution in [0.15, 0.2) is 66.7 Å². The van der Waals surface area contributed by atoms with Crippen LogP contribution in [0.25, 0.3) is 6.08 Å². The SMILES string of the molecule is COc1cc2c(c([N+](=O)[O-])c1)OC1(C=C2)Nc2ccc(C(=O)c3ccccc3)cc2C1(C)C. The van der Waals surface area contributed by atoms with Gasteiger partial charge >= 0.3 is 5.69 Å². The minimum Gasteiger partial charge on any atom is -0.496 e. The summed E-state index contributed by atoms with van der Waals surface area (Å²) in [6.45, 7) is 3.99. The van der Waals surface area contributed by atoms with Crippen molar-refractivity contribution >= 4 is 23.2 Å². The summed E-state index contributed by atoms with van der Waals surface area (Å²) in [5, 5.41) is 15.2. The van der Waals surface area contributed by atoms with E-state index in [1.54, 1.807) is 24.3 Å². The number of nitro groups is 1. The molecular formula is C26H22N2O5. The second kappa shape index (κ2) is 7.20. The first-order valence-electron chi connectivity index (χ1n) is 10.5. The largest absolute Gasteiger partial charge is 0.496 e. The normalized spacial score (nSPS) is 19.2. The van der Waals surface area contributed by atoms with E-state index in [9.17, 15) is 14.9 Å². The van der Waals surface area contributed by atoms with Crippen LogP contribution in [0.1, 0.15) is 40.9 Å². The lowest BCUT2D eigenvalue weighted by Gasteiger charge is -2.41. The van der Waals surface area contributed by atoms with Gasteiger partial charge in [0.1, 0.15) is 5.75 Å². The Labute approximate surface area is 190 Å². The van der Waals surface area contributed by atoms with E-state index in [1.807, 2.05) is 56.3 Å². The molecule has 0 amide bonds. The van der Waals surface area contributed by atoms with E-state index in [4.69, 9.17) is 9.47 Å². The van der Waals surface area contributed by atoms with E-state index in [-0.39, 0.29) is 17.2 Å². The number of rotatable bonds is 4. The van der Waals surface area contributed by atoms with Crippen LogP contribution in [0.2, 0.25) is 0 Å². The van der Waals surface area contributed by atoms with E-state index in [2.05, 4.69) is 5.32 Å². The molecule has 1 N–H and O–H groups in total. The summed E-state index contributed by atoms with van der Waals surface area (Å²) in [4.78, 5) is 24.3. The maximum Gasteiger partial charge on any atom is 0.315 e. The number of carbonyl (C=O) groups is 1. The summed E-state index contributed by atoms with van der Waals surface area (Å²) in [5.74, 6) is 0.497. The third-order valence-electron chi connectivity index (χ3n) is 6.50. The monoisotopic (exact) mass is 442 g/mol. The minimum absolute atomic E-state index is 0.0664. The number of hydrogen-bond donors (Lipinski definition) is 1. The maximum atomic E-state index is 13.0. The Kier molecular flexibility index (Phi) is 4.53. The van der Waals surface area contributed by atoms with Gasteiger partial charge in [-0.3, -0.25) is 14.9 Å². The van der Waals surface area contributed by atoms with Gasteiger partial charge in [0.05, 0.1) is 23.5 Å². The molecular weight excluding hydrogens is 420 g/mol. The number of nitro benzene ring substituents is 1. The zero-order valence-electron chi connectivity index (χ0n) is 18.4. The fourth-order valence-corrected chi connectivity index (χ4v) is 4.53. The molecule has 0 saturated heterocycles. The van der Waals surface area contributed by atoms with Crippen molar-refractivity contribution in [1.29, 1.82) is 0 Å². The fourth-order valence-electron chi connectivity index (χ4n) is 4.53. The Balaban J connectivity index is 1.57. The van der Waals surface area contributed by atoms with Crippen LogP contribution in [-0.2, 0) is 5.41 Å². The molecule has 1 spiro atoms. The molecule has 2 aliphatic heterocycles. The van der Waals surface area contributed by atoms with E-state index >= 15 is 0 Å². The van der Waals surface area contributed by atoms with Gasteiger partial charge < -0.3 is 14.8 Å². The van der Waals surface area contributed by atoms with Gasteiger partial charge in [0.15, 0.2) is 5.78 Å². The third-order valence-corrected chi connectivity index (χ3v) is 6.50. The number of hydrogen-bond acceptors (Lipinski definition) is 6. The van der Waals surface area contributed by atoms with Crippen LogP contribution in [-0.4, -0.2) is 23.5 Å². The van der Waals surface area contributed by atoms with E-state index in [1.165, 1.54) is 13.2 Å². The first-order valence-corrected chi connectivity index (χ1v) is 10.5. The number of methoxy groups -OCH3 is 1. The van der Waals surface area contributed by atoms with Crippen molar-refractivity contribution in [3.8, 4) is 11.5 Å². The molecule has 0 saturated carbocycles. The number of carbonyl (C=O) groups excluding carboxylic acids is 1. The van der Waals surface area contributed by atoms with Gasteiger partial charge in [-0.05, 0) is 55.8 Å². The molecule has 0 bridgehead atoms. The van der Waals surface area contributed by atoms with E-state index in [0.29, 0.717) is 22.4 Å². The summed E-state index contributed by atoms with van der Waals surface area (Å²) in [6, 6.07) is 17.7. The van der Waals surface area contributed by atoms with E-state index < -0.39 is 16.1 Å². The van der Waals surface area contributed by atoms with Crippen LogP contribution in [0, 0.1) is 10.1 Å². The van der Waals surface area contributed by atoms with E-state index in [0.717, 1.165) is 11.3 Å². The number of fused-ring (bicyclic) bond motifs is 2. The summed E-state index contributed by atoms with van der Waals surface area (Å²) in [6.07, 6.45) is 3.68. The average molecular weight is 442 g/mol. The van der Waals surface area contributed by atoms with Gasteiger partial charge in [0.25, 0.3) is 0 Å². The van der Waals surface area contributed by atoms with Crippen molar-refractivity contribution in [2.24, 2.45) is 0 Å². The van der Waals surface area contributed by atoms with Crippen LogP contribution in [0.3, 0.4) is 0 Å². The lowest BCUT2D eigenvalue weighted by atomic mass is 9.76. The molecule has 0 aliphatic carbocycles. The van der Waals surface area contributed by atoms with Crippen molar-refractivity contribution in [3.63, 3.8) is 0 Å². The highest BCUT2D eigenvalue weighted by Gasteiger charge is 2.55. The molecule has 2 heterocycles. The molecule has 0 fully saturated rings. The zero-order chi connectivity index (χ0) is 23.4. The first kappa shape index (κ1) is 20.8. The maximum absolute atomic E-state index is 13.0. The summed E-state index contributed by atoms with van der Waals surface area (Å²) >= 11 is 0. The molecule has 1 unspecified atom stereocenters. The lowest BCUT2D eigenvalue weighted by Crippen LogP contribution is -2.53. The molecule has 166 valence electrons. The van der Waals surface area contributed by atoms with Crippen LogP contribution in [0.4, 0.5) is 11.4 Å². The molecule has 1 atom stereocenters. The quantitative estimate of drug-likeness (QED) is 0.333. The van der Waals surface area contributed by atoms with Crippen molar-refractivity contribution in [2.75, 3.05) is 12.4 Å². The Morgan fingerprint density at radius 3 is 2.52 bits per heavy atom. The Morgan fingerprint density at radius 2 is 1.82 bits per heavy atom. The second-order valence-electron chi connectivity index (χ2n) is 8.70. The van der Waals surface area contributed by atoms with Crippen LogP contribution < -0.4 is 14.8 Å². The number of ketones is 1. The van der Waals surface area contributed by atoms with Crippen molar-refractivity contribution < 1.29 is 19.2 Å². The third kappa shape index (κ3) is 3.08. The standard InChI is InChI=1S/C26H22N2O5/c1-25(2)20-14-17(23(29)16-7-5-4-6-8-16)9-10-21(20)27-26(25)12-11-18-13-19(32-3)15-22(28(30)31)24(18)33-26/h4-15,27H,1-3H3. The Morgan fingerprint density at radius 1 is 1.06 bits per heavy atom.